The van der Waals surface area contributed by atoms with Crippen LogP contribution in [0.2, 0.25) is 10.0 Å². The maximum Gasteiger partial charge on any atom is 0.206 e. The number of hydrogen-bond donors (Lipinski definition) is 2. The average molecular weight is 272 g/mol. The molecule has 17 heavy (non-hydrogen) atoms. The van der Waals surface area contributed by atoms with E-state index in [0.717, 1.165) is 0 Å². The highest BCUT2D eigenvalue weighted by Crippen LogP contribution is 2.22. The van der Waals surface area contributed by atoms with Gasteiger partial charge in [-0.1, -0.05) is 28.4 Å². The van der Waals surface area contributed by atoms with Crippen molar-refractivity contribution in [1.29, 1.82) is 0 Å². The SMILES string of the molecule is NC(=NO)c1nccn1-c1ncc(Cl)cc1Cl. The molecule has 6 nitrogen and oxygen atoms in total. The van der Waals surface area contributed by atoms with Gasteiger partial charge in [-0.05, 0) is 6.07 Å². The third-order valence-corrected chi connectivity index (χ3v) is 2.48. The van der Waals surface area contributed by atoms with Gasteiger partial charge in [-0.2, -0.15) is 0 Å². The topological polar surface area (TPSA) is 89.3 Å². The van der Waals surface area contributed by atoms with Crippen LogP contribution < -0.4 is 5.73 Å². The molecule has 0 unspecified atom stereocenters. The van der Waals surface area contributed by atoms with Gasteiger partial charge in [0, 0.05) is 18.6 Å². The minimum absolute atomic E-state index is 0.136. The Balaban J connectivity index is 2.58. The fourth-order valence-corrected chi connectivity index (χ4v) is 1.76. The van der Waals surface area contributed by atoms with Gasteiger partial charge in [-0.25, -0.2) is 9.97 Å². The van der Waals surface area contributed by atoms with Crippen LogP contribution in [0.25, 0.3) is 5.82 Å². The fourth-order valence-electron chi connectivity index (χ4n) is 1.29. The van der Waals surface area contributed by atoms with Gasteiger partial charge < -0.3 is 10.9 Å². The van der Waals surface area contributed by atoms with Crippen LogP contribution in [-0.4, -0.2) is 25.6 Å². The lowest BCUT2D eigenvalue weighted by atomic mass is 10.4. The van der Waals surface area contributed by atoms with E-state index in [1.54, 1.807) is 12.3 Å². The number of imidazole rings is 1. The summed E-state index contributed by atoms with van der Waals surface area (Å²) in [6.45, 7) is 0. The highest BCUT2D eigenvalue weighted by atomic mass is 35.5. The first-order chi connectivity index (χ1) is 8.13. The van der Waals surface area contributed by atoms with Crippen LogP contribution in [0.4, 0.5) is 0 Å². The first-order valence-corrected chi connectivity index (χ1v) is 5.21. The monoisotopic (exact) mass is 271 g/mol. The molecule has 0 amide bonds. The van der Waals surface area contributed by atoms with Gasteiger partial charge in [0.15, 0.2) is 11.6 Å². The molecule has 2 aromatic heterocycles. The zero-order valence-corrected chi connectivity index (χ0v) is 9.89. The summed E-state index contributed by atoms with van der Waals surface area (Å²) in [6, 6.07) is 1.54. The number of pyridine rings is 1. The molecule has 0 radical (unpaired) electrons. The maximum absolute atomic E-state index is 8.63. The lowest BCUT2D eigenvalue weighted by molar-refractivity contribution is 0.318. The summed E-state index contributed by atoms with van der Waals surface area (Å²) in [7, 11) is 0. The van der Waals surface area contributed by atoms with Crippen LogP contribution >= 0.6 is 23.2 Å². The first kappa shape index (κ1) is 11.7. The molecule has 0 spiro atoms. The Hall–Kier alpha value is -1.79. The van der Waals surface area contributed by atoms with Crippen molar-refractivity contribution in [2.24, 2.45) is 10.9 Å². The van der Waals surface area contributed by atoms with E-state index in [2.05, 4.69) is 15.1 Å². The Morgan fingerprint density at radius 2 is 2.18 bits per heavy atom. The summed E-state index contributed by atoms with van der Waals surface area (Å²) in [6.07, 6.45) is 4.52. The van der Waals surface area contributed by atoms with Crippen LogP contribution in [-0.2, 0) is 0 Å². The summed E-state index contributed by atoms with van der Waals surface area (Å²) in [5.41, 5.74) is 5.48. The standard InChI is InChI=1S/C9H7Cl2N5O/c10-5-3-6(11)8(14-4-5)16-2-1-13-9(16)7(12)15-17/h1-4,17H,(H2,12,15). The minimum Gasteiger partial charge on any atom is -0.409 e. The van der Waals surface area contributed by atoms with Crippen LogP contribution in [0, 0.1) is 0 Å². The third-order valence-electron chi connectivity index (χ3n) is 1.99. The summed E-state index contributed by atoms with van der Waals surface area (Å²) < 4.78 is 1.49. The molecule has 0 saturated carbocycles. The van der Waals surface area contributed by atoms with Gasteiger partial charge in [0.1, 0.15) is 0 Å². The number of aromatic nitrogens is 3. The maximum atomic E-state index is 8.63. The number of halogens is 2. The Labute approximate surface area is 106 Å². The molecule has 0 bridgehead atoms. The molecule has 0 aliphatic rings. The van der Waals surface area contributed by atoms with Gasteiger partial charge in [0.2, 0.25) is 5.84 Å². The highest BCUT2D eigenvalue weighted by Gasteiger charge is 2.13. The highest BCUT2D eigenvalue weighted by molar-refractivity contribution is 6.35. The number of nitrogens with zero attached hydrogens (tertiary/aromatic N) is 4. The fraction of sp³-hybridized carbons (Fsp3) is 0. The summed E-state index contributed by atoms with van der Waals surface area (Å²) in [5, 5.41) is 12.3. The second kappa shape index (κ2) is 4.60. The second-order valence-electron chi connectivity index (χ2n) is 3.07. The summed E-state index contributed by atoms with van der Waals surface area (Å²) >= 11 is 11.7. The van der Waals surface area contributed by atoms with Gasteiger partial charge in [0.25, 0.3) is 0 Å². The van der Waals surface area contributed by atoms with Crippen molar-refractivity contribution < 1.29 is 5.21 Å². The normalized spacial score (nSPS) is 11.8. The zero-order chi connectivity index (χ0) is 12.4. The van der Waals surface area contributed by atoms with Gasteiger partial charge >= 0.3 is 0 Å². The molecule has 0 atom stereocenters. The number of amidine groups is 1. The molecule has 2 aromatic rings. The quantitative estimate of drug-likeness (QED) is 0.376. The van der Waals surface area contributed by atoms with Crippen molar-refractivity contribution in [2.75, 3.05) is 0 Å². The first-order valence-electron chi connectivity index (χ1n) is 4.46. The lowest BCUT2D eigenvalue weighted by Gasteiger charge is -2.07. The van der Waals surface area contributed by atoms with E-state index in [1.165, 1.54) is 17.0 Å². The molecule has 0 saturated heterocycles. The van der Waals surface area contributed by atoms with Crippen molar-refractivity contribution in [2.45, 2.75) is 0 Å². The van der Waals surface area contributed by atoms with Gasteiger partial charge in [0.05, 0.1) is 10.0 Å². The van der Waals surface area contributed by atoms with E-state index >= 15 is 0 Å². The van der Waals surface area contributed by atoms with Crippen molar-refractivity contribution in [3.05, 3.63) is 40.5 Å². The van der Waals surface area contributed by atoms with E-state index in [4.69, 9.17) is 34.1 Å². The van der Waals surface area contributed by atoms with Crippen molar-refractivity contribution in [3.63, 3.8) is 0 Å². The molecule has 2 heterocycles. The lowest BCUT2D eigenvalue weighted by Crippen LogP contribution is -2.19. The smallest absolute Gasteiger partial charge is 0.206 e. The largest absolute Gasteiger partial charge is 0.409 e. The Bertz CT molecular complexity index is 581. The zero-order valence-electron chi connectivity index (χ0n) is 8.38. The number of oxime groups is 1. The molecule has 0 aromatic carbocycles. The molecule has 0 aliphatic heterocycles. The van der Waals surface area contributed by atoms with Crippen LogP contribution in [0.5, 0.6) is 0 Å². The Morgan fingerprint density at radius 1 is 1.41 bits per heavy atom. The predicted molar refractivity (Wildman–Crippen MR) is 63.9 cm³/mol. The summed E-state index contributed by atoms with van der Waals surface area (Å²) in [4.78, 5) is 8.01. The molecular formula is C9H7Cl2N5O. The van der Waals surface area contributed by atoms with E-state index in [1.807, 2.05) is 0 Å². The predicted octanol–water partition coefficient (Wildman–Crippen LogP) is 1.67. The van der Waals surface area contributed by atoms with E-state index in [0.29, 0.717) is 15.9 Å². The minimum atomic E-state index is -0.136. The van der Waals surface area contributed by atoms with Crippen LogP contribution in [0.15, 0.2) is 29.8 Å². The molecule has 2 rings (SSSR count). The molecule has 0 fully saturated rings. The average Bonchev–Trinajstić information content (AvgIpc) is 2.77. The van der Waals surface area contributed by atoms with E-state index in [-0.39, 0.29) is 11.7 Å². The molecular weight excluding hydrogens is 265 g/mol. The molecule has 8 heteroatoms. The van der Waals surface area contributed by atoms with E-state index in [9.17, 15) is 0 Å². The number of hydrogen-bond acceptors (Lipinski definition) is 4. The second-order valence-corrected chi connectivity index (χ2v) is 3.91. The van der Waals surface area contributed by atoms with Crippen molar-refractivity contribution in [3.8, 4) is 5.82 Å². The number of rotatable bonds is 2. The molecule has 88 valence electrons. The van der Waals surface area contributed by atoms with Gasteiger partial charge in [-0.3, -0.25) is 4.57 Å². The van der Waals surface area contributed by atoms with Gasteiger partial charge in [-0.15, -0.1) is 0 Å². The van der Waals surface area contributed by atoms with E-state index < -0.39 is 0 Å². The van der Waals surface area contributed by atoms with Crippen LogP contribution in [0.1, 0.15) is 5.82 Å². The number of nitrogens with two attached hydrogens (primary N) is 1. The summed E-state index contributed by atoms with van der Waals surface area (Å²) in [5.74, 6) is 0.502. The molecule has 0 aliphatic carbocycles. The van der Waals surface area contributed by atoms with Crippen molar-refractivity contribution >= 4 is 29.0 Å². The molecule has 3 N–H and O–H groups in total. The Morgan fingerprint density at radius 3 is 2.82 bits per heavy atom. The van der Waals surface area contributed by atoms with Crippen LogP contribution in [0.3, 0.4) is 0 Å². The third kappa shape index (κ3) is 2.17. The Kier molecular flexibility index (Phi) is 3.16. The van der Waals surface area contributed by atoms with Crippen molar-refractivity contribution in [1.82, 2.24) is 14.5 Å².